The molecule has 4 atom stereocenters. The fourth-order valence-electron chi connectivity index (χ4n) is 5.53. The van der Waals surface area contributed by atoms with Gasteiger partial charge in [0, 0.05) is 6.54 Å². The van der Waals surface area contributed by atoms with Gasteiger partial charge in [-0.3, -0.25) is 4.68 Å². The zero-order valence-electron chi connectivity index (χ0n) is 13.5. The van der Waals surface area contributed by atoms with Gasteiger partial charge in [0.05, 0.1) is 0 Å². The molecular weight excluding hydrogens is 246 g/mol. The van der Waals surface area contributed by atoms with E-state index in [0.29, 0.717) is 10.8 Å². The Hall–Kier alpha value is -0.860. The van der Waals surface area contributed by atoms with Crippen molar-refractivity contribution in [3.63, 3.8) is 0 Å². The molecule has 20 heavy (non-hydrogen) atoms. The lowest BCUT2D eigenvalue weighted by Gasteiger charge is -2.59. The predicted octanol–water partition coefficient (Wildman–Crippen LogP) is 4.16. The molecule has 1 aromatic rings. The molecule has 2 aliphatic carbocycles. The molecule has 3 nitrogen and oxygen atoms in total. The van der Waals surface area contributed by atoms with Gasteiger partial charge in [0.25, 0.3) is 0 Å². The Balaban J connectivity index is 1.90. The maximum Gasteiger partial charge on any atom is 0.137 e. The summed E-state index contributed by atoms with van der Waals surface area (Å²) in [6, 6.07) is 0. The van der Waals surface area contributed by atoms with Gasteiger partial charge in [0.15, 0.2) is 0 Å². The second kappa shape index (κ2) is 4.85. The highest BCUT2D eigenvalue weighted by atomic mass is 15.3. The first-order chi connectivity index (χ1) is 9.43. The first kappa shape index (κ1) is 14.1. The number of hydrogen-bond donors (Lipinski definition) is 0. The van der Waals surface area contributed by atoms with Crippen LogP contribution >= 0.6 is 0 Å². The van der Waals surface area contributed by atoms with Gasteiger partial charge in [0.1, 0.15) is 12.7 Å². The van der Waals surface area contributed by atoms with Crippen LogP contribution in [0.25, 0.3) is 0 Å². The molecule has 2 fully saturated rings. The number of hydrogen-bond acceptors (Lipinski definition) is 2. The molecule has 0 aliphatic heterocycles. The Morgan fingerprint density at radius 3 is 2.70 bits per heavy atom. The zero-order valence-corrected chi connectivity index (χ0v) is 13.5. The summed E-state index contributed by atoms with van der Waals surface area (Å²) in [4.78, 5) is 4.12. The standard InChI is InChI=1S/C17H29N3/c1-13-6-7-15-16(2,3)8-5-9-17(15,4)14(13)10-20-12-18-11-19-20/h11-15H,5-10H2,1-4H3. The molecule has 1 heterocycles. The van der Waals surface area contributed by atoms with E-state index in [9.17, 15) is 0 Å². The Morgan fingerprint density at radius 1 is 1.20 bits per heavy atom. The van der Waals surface area contributed by atoms with E-state index in [1.165, 1.54) is 32.1 Å². The van der Waals surface area contributed by atoms with Crippen molar-refractivity contribution in [2.24, 2.45) is 28.6 Å². The first-order valence-corrected chi connectivity index (χ1v) is 8.26. The second-order valence-corrected chi connectivity index (χ2v) is 8.18. The second-order valence-electron chi connectivity index (χ2n) is 8.18. The lowest BCUT2D eigenvalue weighted by molar-refractivity contribution is -0.0994. The van der Waals surface area contributed by atoms with E-state index in [2.05, 4.69) is 42.5 Å². The molecule has 3 heteroatoms. The largest absolute Gasteiger partial charge is 0.253 e. The van der Waals surface area contributed by atoms with Crippen LogP contribution in [0.15, 0.2) is 12.7 Å². The molecule has 0 saturated heterocycles. The van der Waals surface area contributed by atoms with Crippen LogP contribution in [0.2, 0.25) is 0 Å². The third-order valence-electron chi connectivity index (χ3n) is 6.57. The van der Waals surface area contributed by atoms with E-state index in [1.54, 1.807) is 6.33 Å². The fraction of sp³-hybridized carbons (Fsp3) is 0.882. The number of aromatic nitrogens is 3. The summed E-state index contributed by atoms with van der Waals surface area (Å²) in [6.45, 7) is 11.1. The van der Waals surface area contributed by atoms with Crippen LogP contribution in [0.4, 0.5) is 0 Å². The normalized spacial score (nSPS) is 40.3. The number of nitrogens with zero attached hydrogens (tertiary/aromatic N) is 3. The Labute approximate surface area is 123 Å². The third-order valence-corrected chi connectivity index (χ3v) is 6.57. The summed E-state index contributed by atoms with van der Waals surface area (Å²) in [5, 5.41) is 4.36. The summed E-state index contributed by atoms with van der Waals surface area (Å²) >= 11 is 0. The van der Waals surface area contributed by atoms with E-state index in [1.807, 2.05) is 6.33 Å². The van der Waals surface area contributed by atoms with Gasteiger partial charge < -0.3 is 0 Å². The molecular formula is C17H29N3. The van der Waals surface area contributed by atoms with Crippen LogP contribution < -0.4 is 0 Å². The van der Waals surface area contributed by atoms with Crippen LogP contribution in [0, 0.1) is 28.6 Å². The highest BCUT2D eigenvalue weighted by molar-refractivity contribution is 5.02. The van der Waals surface area contributed by atoms with Crippen molar-refractivity contribution >= 4 is 0 Å². The lowest BCUT2D eigenvalue weighted by Crippen LogP contribution is -2.52. The maximum atomic E-state index is 4.36. The molecule has 112 valence electrons. The number of fused-ring (bicyclic) bond motifs is 1. The average molecular weight is 275 g/mol. The van der Waals surface area contributed by atoms with Crippen molar-refractivity contribution in [1.29, 1.82) is 0 Å². The van der Waals surface area contributed by atoms with E-state index in [4.69, 9.17) is 0 Å². The Kier molecular flexibility index (Phi) is 3.42. The van der Waals surface area contributed by atoms with Gasteiger partial charge >= 0.3 is 0 Å². The molecule has 0 bridgehead atoms. The van der Waals surface area contributed by atoms with Crippen LogP contribution in [-0.4, -0.2) is 14.8 Å². The number of rotatable bonds is 2. The molecule has 0 amide bonds. The average Bonchev–Trinajstić information content (AvgIpc) is 2.86. The quantitative estimate of drug-likeness (QED) is 0.811. The van der Waals surface area contributed by atoms with Gasteiger partial charge in [-0.25, -0.2) is 4.98 Å². The minimum atomic E-state index is 0.478. The van der Waals surface area contributed by atoms with Crippen molar-refractivity contribution in [3.05, 3.63) is 12.7 Å². The van der Waals surface area contributed by atoms with Gasteiger partial charge in [-0.05, 0) is 47.8 Å². The molecule has 0 aromatic carbocycles. The molecule has 3 rings (SSSR count). The minimum absolute atomic E-state index is 0.478. The third kappa shape index (κ3) is 2.19. The van der Waals surface area contributed by atoms with Crippen LogP contribution in [-0.2, 0) is 6.54 Å². The van der Waals surface area contributed by atoms with E-state index < -0.39 is 0 Å². The Bertz CT molecular complexity index is 451. The SMILES string of the molecule is CC1CCC2C(C)(C)CCCC2(C)C1Cn1cncn1. The van der Waals surface area contributed by atoms with Gasteiger partial charge in [-0.2, -0.15) is 5.10 Å². The molecule has 0 spiro atoms. The summed E-state index contributed by atoms with van der Waals surface area (Å²) in [6.07, 6.45) is 10.5. The topological polar surface area (TPSA) is 30.7 Å². The van der Waals surface area contributed by atoms with Crippen molar-refractivity contribution in [2.45, 2.75) is 66.3 Å². The van der Waals surface area contributed by atoms with E-state index in [0.717, 1.165) is 24.3 Å². The molecule has 2 aliphatic rings. The lowest BCUT2D eigenvalue weighted by atomic mass is 9.46. The molecule has 0 radical (unpaired) electrons. The molecule has 2 saturated carbocycles. The van der Waals surface area contributed by atoms with Crippen molar-refractivity contribution in [2.75, 3.05) is 0 Å². The molecule has 1 aromatic heterocycles. The zero-order chi connectivity index (χ0) is 14.4. The van der Waals surface area contributed by atoms with Crippen LogP contribution in [0.3, 0.4) is 0 Å². The highest BCUT2D eigenvalue weighted by Gasteiger charge is 2.53. The smallest absolute Gasteiger partial charge is 0.137 e. The van der Waals surface area contributed by atoms with E-state index >= 15 is 0 Å². The summed E-state index contributed by atoms with van der Waals surface area (Å²) < 4.78 is 2.05. The van der Waals surface area contributed by atoms with Gasteiger partial charge in [-0.15, -0.1) is 0 Å². The van der Waals surface area contributed by atoms with Gasteiger partial charge in [0.2, 0.25) is 0 Å². The minimum Gasteiger partial charge on any atom is -0.253 e. The van der Waals surface area contributed by atoms with E-state index in [-0.39, 0.29) is 0 Å². The first-order valence-electron chi connectivity index (χ1n) is 8.26. The fourth-order valence-corrected chi connectivity index (χ4v) is 5.53. The summed E-state index contributed by atoms with van der Waals surface area (Å²) in [5.74, 6) is 2.41. The van der Waals surface area contributed by atoms with Crippen LogP contribution in [0.5, 0.6) is 0 Å². The van der Waals surface area contributed by atoms with Crippen LogP contribution in [0.1, 0.15) is 59.8 Å². The summed E-state index contributed by atoms with van der Waals surface area (Å²) in [5.41, 5.74) is 0.985. The predicted molar refractivity (Wildman–Crippen MR) is 81.1 cm³/mol. The van der Waals surface area contributed by atoms with Crippen molar-refractivity contribution in [3.8, 4) is 0 Å². The maximum absolute atomic E-state index is 4.36. The monoisotopic (exact) mass is 275 g/mol. The molecule has 4 unspecified atom stereocenters. The molecule has 0 N–H and O–H groups in total. The van der Waals surface area contributed by atoms with Crippen molar-refractivity contribution < 1.29 is 0 Å². The van der Waals surface area contributed by atoms with Gasteiger partial charge in [-0.1, -0.05) is 40.5 Å². The summed E-state index contributed by atoms with van der Waals surface area (Å²) in [7, 11) is 0. The van der Waals surface area contributed by atoms with Crippen molar-refractivity contribution in [1.82, 2.24) is 14.8 Å². The Morgan fingerprint density at radius 2 is 2.00 bits per heavy atom. The highest BCUT2D eigenvalue weighted by Crippen LogP contribution is 2.61.